The van der Waals surface area contributed by atoms with Gasteiger partial charge >= 0.3 is 12.0 Å². The third-order valence-corrected chi connectivity index (χ3v) is 9.66. The first kappa shape index (κ1) is 34.3. The Morgan fingerprint density at radius 3 is 2.45 bits per heavy atom. The number of carbonyl (C=O) groups is 4. The minimum atomic E-state index is -1.26. The van der Waals surface area contributed by atoms with Crippen LogP contribution in [0.5, 0.6) is 0 Å². The molecule has 0 fully saturated rings. The van der Waals surface area contributed by atoms with Gasteiger partial charge in [0.1, 0.15) is 12.6 Å². The van der Waals surface area contributed by atoms with Crippen LogP contribution in [-0.2, 0) is 35.5 Å². The van der Waals surface area contributed by atoms with Crippen molar-refractivity contribution in [2.45, 2.75) is 44.5 Å². The minimum absolute atomic E-state index is 0.00965. The summed E-state index contributed by atoms with van der Waals surface area (Å²) in [6.07, 6.45) is 1.99. The van der Waals surface area contributed by atoms with E-state index in [4.69, 9.17) is 39.5 Å². The molecule has 12 heteroatoms. The van der Waals surface area contributed by atoms with Crippen LogP contribution >= 0.6 is 34.8 Å². The molecule has 4 aromatic rings. The molecule has 9 nitrogen and oxygen atoms in total. The van der Waals surface area contributed by atoms with Gasteiger partial charge < -0.3 is 25.6 Å². The second-order valence-electron chi connectivity index (χ2n) is 11.9. The molecule has 252 valence electrons. The first-order valence-electron chi connectivity index (χ1n) is 15.9. The fourth-order valence-electron chi connectivity index (χ4n) is 6.20. The predicted octanol–water partition coefficient (Wildman–Crippen LogP) is 6.67. The van der Waals surface area contributed by atoms with Crippen LogP contribution in [0, 0.1) is 0 Å². The summed E-state index contributed by atoms with van der Waals surface area (Å²) in [6.45, 7) is 0.322. The van der Waals surface area contributed by atoms with E-state index in [0.29, 0.717) is 34.7 Å². The van der Waals surface area contributed by atoms with Gasteiger partial charge in [-0.05, 0) is 71.3 Å². The van der Waals surface area contributed by atoms with Crippen molar-refractivity contribution < 1.29 is 23.9 Å². The highest BCUT2D eigenvalue weighted by molar-refractivity contribution is 6.40. The van der Waals surface area contributed by atoms with Crippen molar-refractivity contribution in [2.24, 2.45) is 0 Å². The van der Waals surface area contributed by atoms with Crippen LogP contribution in [-0.4, -0.2) is 47.8 Å². The number of amides is 4. The number of rotatable bonds is 9. The van der Waals surface area contributed by atoms with E-state index < -0.39 is 23.9 Å². The zero-order valence-electron chi connectivity index (χ0n) is 26.3. The molecule has 0 radical (unpaired) electrons. The van der Waals surface area contributed by atoms with E-state index in [1.165, 1.54) is 5.56 Å². The number of fused-ring (bicyclic) bond motifs is 2. The number of hydrogen-bond acceptors (Lipinski definition) is 5. The monoisotopic (exact) mass is 718 g/mol. The number of ether oxygens (including phenoxy) is 1. The minimum Gasteiger partial charge on any atom is -0.459 e. The van der Waals surface area contributed by atoms with Crippen molar-refractivity contribution in [3.63, 3.8) is 0 Å². The van der Waals surface area contributed by atoms with Crippen LogP contribution < -0.4 is 16.0 Å². The van der Waals surface area contributed by atoms with Gasteiger partial charge in [0, 0.05) is 23.7 Å². The number of hydrogen-bond donors (Lipinski definition) is 3. The third-order valence-electron chi connectivity index (χ3n) is 8.71. The maximum Gasteiger partial charge on any atom is 0.330 e. The van der Waals surface area contributed by atoms with Crippen LogP contribution in [0.1, 0.15) is 61.0 Å². The van der Waals surface area contributed by atoms with Crippen molar-refractivity contribution >= 4 is 58.6 Å². The zero-order valence-corrected chi connectivity index (χ0v) is 28.6. The second kappa shape index (κ2) is 15.3. The molecule has 0 saturated heterocycles. The summed E-state index contributed by atoms with van der Waals surface area (Å²) in [6, 6.07) is 23.5. The van der Waals surface area contributed by atoms with Gasteiger partial charge in [0.25, 0.3) is 11.8 Å². The molecule has 49 heavy (non-hydrogen) atoms. The van der Waals surface area contributed by atoms with Crippen LogP contribution in [0.2, 0.25) is 15.1 Å². The average Bonchev–Trinajstić information content (AvgIpc) is 3.51. The Morgan fingerprint density at radius 2 is 1.65 bits per heavy atom. The molecule has 0 aromatic heterocycles. The summed E-state index contributed by atoms with van der Waals surface area (Å²) in [5.41, 5.74) is 4.84. The van der Waals surface area contributed by atoms with Gasteiger partial charge in [-0.15, -0.1) is 0 Å². The number of nitrogens with one attached hydrogen (secondary N) is 3. The molecule has 6 rings (SSSR count). The molecule has 4 aromatic carbocycles. The van der Waals surface area contributed by atoms with Gasteiger partial charge in [-0.2, -0.15) is 0 Å². The molecule has 4 amide bonds. The Morgan fingerprint density at radius 1 is 0.878 bits per heavy atom. The Hall–Kier alpha value is -4.57. The first-order chi connectivity index (χ1) is 23.7. The summed E-state index contributed by atoms with van der Waals surface area (Å²) in [5, 5.41) is 9.00. The molecular formula is C37H33Cl3N4O5. The highest BCUT2D eigenvalue weighted by Gasteiger charge is 2.31. The van der Waals surface area contributed by atoms with Crippen LogP contribution in [0.4, 0.5) is 4.79 Å². The van der Waals surface area contributed by atoms with Crippen molar-refractivity contribution in [3.8, 4) is 0 Å². The van der Waals surface area contributed by atoms with Gasteiger partial charge in [-0.3, -0.25) is 9.59 Å². The van der Waals surface area contributed by atoms with Gasteiger partial charge in [0.15, 0.2) is 0 Å². The van der Waals surface area contributed by atoms with E-state index in [9.17, 15) is 19.2 Å². The summed E-state index contributed by atoms with van der Waals surface area (Å²) >= 11 is 19.5. The fraction of sp³-hybridized carbons (Fsp3) is 0.243. The van der Waals surface area contributed by atoms with E-state index in [-0.39, 0.29) is 47.3 Å². The molecule has 3 N–H and O–H groups in total. The van der Waals surface area contributed by atoms with Crippen LogP contribution in [0.15, 0.2) is 84.9 Å². The van der Waals surface area contributed by atoms with E-state index in [0.717, 1.165) is 24.0 Å². The molecule has 1 aliphatic heterocycles. The van der Waals surface area contributed by atoms with Crippen LogP contribution in [0.25, 0.3) is 0 Å². The molecule has 1 heterocycles. The number of aryl methyl sites for hydroxylation is 1. The average molecular weight is 720 g/mol. The molecule has 0 saturated carbocycles. The largest absolute Gasteiger partial charge is 0.459 e. The van der Waals surface area contributed by atoms with Crippen molar-refractivity contribution in [2.75, 3.05) is 13.1 Å². The first-order valence-corrected chi connectivity index (χ1v) is 17.0. The molecule has 1 aliphatic carbocycles. The second-order valence-corrected chi connectivity index (χ2v) is 13.2. The predicted molar refractivity (Wildman–Crippen MR) is 188 cm³/mol. The van der Waals surface area contributed by atoms with Crippen LogP contribution in [0.3, 0.4) is 0 Å². The van der Waals surface area contributed by atoms with E-state index in [1.807, 2.05) is 54.6 Å². The Bertz CT molecular complexity index is 1900. The standard InChI is InChI=1S/C37H33Cl3N4O5/c38-26-11-6-10-24(17-26)35(46)44-16-15-28-25(20-44)18-29(39)32(33(28)40)34(45)42-31(36(47)49-21-22-7-2-1-3-8-22)19-41-37(48)43-30-14-13-23-9-4-5-12-27(23)30/h1-12,17-18,30-31H,13-16,19-21H2,(H,42,45)(H2,41,43,48)/t30-,31?/m1/s1. The third kappa shape index (κ3) is 8.02. The number of halogens is 3. The van der Waals surface area contributed by atoms with Gasteiger partial charge in [-0.1, -0.05) is 95.5 Å². The number of urea groups is 1. The highest BCUT2D eigenvalue weighted by atomic mass is 35.5. The maximum atomic E-state index is 13.7. The Balaban J connectivity index is 1.16. The Kier molecular flexibility index (Phi) is 10.7. The number of esters is 1. The smallest absolute Gasteiger partial charge is 0.330 e. The molecule has 2 aliphatic rings. The molecule has 0 bridgehead atoms. The lowest BCUT2D eigenvalue weighted by molar-refractivity contribution is -0.147. The SMILES string of the molecule is O=C(NCC(NC(=O)c1c(Cl)cc2c(c1Cl)CCN(C(=O)c1cccc(Cl)c1)C2)C(=O)OCc1ccccc1)N[C@@H]1CCc2ccccc21. The lowest BCUT2D eigenvalue weighted by atomic mass is 9.96. The number of carbonyl (C=O) groups excluding carboxylic acids is 4. The van der Waals surface area contributed by atoms with E-state index >= 15 is 0 Å². The fourth-order valence-corrected chi connectivity index (χ4v) is 7.16. The van der Waals surface area contributed by atoms with Gasteiger partial charge in [-0.25, -0.2) is 9.59 Å². The summed E-state index contributed by atoms with van der Waals surface area (Å²) < 4.78 is 5.53. The number of nitrogens with zero attached hydrogens (tertiary/aromatic N) is 1. The number of benzene rings is 4. The normalized spacial score (nSPS) is 15.4. The van der Waals surface area contributed by atoms with E-state index in [2.05, 4.69) is 16.0 Å². The summed E-state index contributed by atoms with van der Waals surface area (Å²) in [4.78, 5) is 54.8. The lowest BCUT2D eigenvalue weighted by Gasteiger charge is -2.30. The molecule has 2 atom stereocenters. The molecular weight excluding hydrogens is 687 g/mol. The van der Waals surface area contributed by atoms with Gasteiger partial charge in [0.05, 0.1) is 28.2 Å². The van der Waals surface area contributed by atoms with Crippen molar-refractivity contribution in [1.82, 2.24) is 20.9 Å². The summed E-state index contributed by atoms with van der Waals surface area (Å²) in [5.74, 6) is -1.64. The maximum absolute atomic E-state index is 13.7. The quantitative estimate of drug-likeness (QED) is 0.167. The molecule has 0 spiro atoms. The zero-order chi connectivity index (χ0) is 34.5. The topological polar surface area (TPSA) is 117 Å². The van der Waals surface area contributed by atoms with Gasteiger partial charge in [0.2, 0.25) is 0 Å². The van der Waals surface area contributed by atoms with Crippen molar-refractivity contribution in [3.05, 3.63) is 139 Å². The highest BCUT2D eigenvalue weighted by Crippen LogP contribution is 2.35. The summed E-state index contributed by atoms with van der Waals surface area (Å²) in [7, 11) is 0. The molecule has 1 unspecified atom stereocenters. The van der Waals surface area contributed by atoms with E-state index in [1.54, 1.807) is 35.2 Å². The Labute approximate surface area is 298 Å². The van der Waals surface area contributed by atoms with Crippen molar-refractivity contribution in [1.29, 1.82) is 0 Å². The lowest BCUT2D eigenvalue weighted by Crippen LogP contribution is -2.51.